The number of aliphatic imine (C=N–C) groups is 1. The molecule has 14 heavy (non-hydrogen) atoms. The van der Waals surface area contributed by atoms with Crippen LogP contribution in [0.3, 0.4) is 0 Å². The van der Waals surface area contributed by atoms with Crippen molar-refractivity contribution in [1.82, 2.24) is 0 Å². The van der Waals surface area contributed by atoms with E-state index in [0.29, 0.717) is 5.92 Å². The highest BCUT2D eigenvalue weighted by molar-refractivity contribution is 5.72. The normalized spacial score (nSPS) is 31.7. The van der Waals surface area contributed by atoms with E-state index in [9.17, 15) is 0 Å². The van der Waals surface area contributed by atoms with Crippen LogP contribution in [0.5, 0.6) is 0 Å². The molecule has 2 aliphatic rings. The highest BCUT2D eigenvalue weighted by Gasteiger charge is 2.13. The molecule has 0 aromatic carbocycles. The van der Waals surface area contributed by atoms with Crippen molar-refractivity contribution in [2.24, 2.45) is 10.9 Å². The molecule has 0 bridgehead atoms. The Balaban J connectivity index is 2.05. The number of nitrogens with zero attached hydrogens (tertiary/aromatic N) is 1. The average Bonchev–Trinajstić information content (AvgIpc) is 2.18. The van der Waals surface area contributed by atoms with Crippen molar-refractivity contribution in [2.45, 2.75) is 38.5 Å². The fourth-order valence-corrected chi connectivity index (χ4v) is 2.27. The van der Waals surface area contributed by atoms with Crippen molar-refractivity contribution in [1.29, 1.82) is 0 Å². The predicted molar refractivity (Wildman–Crippen MR) is 61.8 cm³/mol. The average molecular weight is 189 g/mol. The third kappa shape index (κ3) is 2.57. The molecule has 1 unspecified atom stereocenters. The molecule has 0 spiro atoms. The number of rotatable bonds is 1. The summed E-state index contributed by atoms with van der Waals surface area (Å²) in [6, 6.07) is 0. The second kappa shape index (κ2) is 5.14. The first-order valence-corrected chi connectivity index (χ1v) is 5.82. The van der Waals surface area contributed by atoms with Gasteiger partial charge in [0.05, 0.1) is 0 Å². The van der Waals surface area contributed by atoms with Crippen LogP contribution in [0.15, 0.2) is 28.8 Å². The zero-order valence-corrected chi connectivity index (χ0v) is 8.78. The lowest BCUT2D eigenvalue weighted by Crippen LogP contribution is -2.06. The van der Waals surface area contributed by atoms with E-state index in [1.807, 2.05) is 6.21 Å². The Labute approximate surface area is 86.6 Å². The van der Waals surface area contributed by atoms with Crippen LogP contribution in [0.1, 0.15) is 38.5 Å². The molecular weight excluding hydrogens is 170 g/mol. The Morgan fingerprint density at radius 3 is 3.07 bits per heavy atom. The van der Waals surface area contributed by atoms with Gasteiger partial charge in [0, 0.05) is 12.8 Å². The summed E-state index contributed by atoms with van der Waals surface area (Å²) in [7, 11) is 0. The maximum Gasteiger partial charge on any atom is 0.0389 e. The van der Waals surface area contributed by atoms with Crippen LogP contribution in [0.4, 0.5) is 0 Å². The summed E-state index contributed by atoms with van der Waals surface area (Å²) in [5, 5.41) is 0. The van der Waals surface area contributed by atoms with Gasteiger partial charge < -0.3 is 0 Å². The quantitative estimate of drug-likeness (QED) is 0.560. The topological polar surface area (TPSA) is 12.4 Å². The maximum atomic E-state index is 4.35. The second-order valence-electron chi connectivity index (χ2n) is 4.22. The Morgan fingerprint density at radius 2 is 2.21 bits per heavy atom. The minimum atomic E-state index is 0.716. The lowest BCUT2D eigenvalue weighted by molar-refractivity contribution is 0.573. The molecule has 0 fully saturated rings. The van der Waals surface area contributed by atoms with Crippen LogP contribution in [-0.2, 0) is 0 Å². The zero-order valence-electron chi connectivity index (χ0n) is 8.78. The van der Waals surface area contributed by atoms with Gasteiger partial charge in [-0.15, -0.1) is 0 Å². The zero-order chi connectivity index (χ0) is 9.64. The van der Waals surface area contributed by atoms with Crippen LogP contribution in [0.2, 0.25) is 0 Å². The van der Waals surface area contributed by atoms with Crippen LogP contribution in [0, 0.1) is 5.92 Å². The fraction of sp³-hybridized carbons (Fsp3) is 0.615. The first-order valence-electron chi connectivity index (χ1n) is 5.82. The molecule has 76 valence electrons. The smallest absolute Gasteiger partial charge is 0.0389 e. The first kappa shape index (κ1) is 9.70. The number of hydrogen-bond acceptors (Lipinski definition) is 1. The summed E-state index contributed by atoms with van der Waals surface area (Å²) >= 11 is 0. The fourth-order valence-electron chi connectivity index (χ4n) is 2.27. The van der Waals surface area contributed by atoms with Gasteiger partial charge in [-0.25, -0.2) is 0 Å². The van der Waals surface area contributed by atoms with Gasteiger partial charge in [0.1, 0.15) is 0 Å². The molecule has 2 rings (SSSR count). The summed E-state index contributed by atoms with van der Waals surface area (Å²) in [4.78, 5) is 4.35. The molecule has 0 aromatic rings. The molecule has 1 heterocycles. The third-order valence-corrected chi connectivity index (χ3v) is 3.13. The number of allylic oxidation sites excluding steroid dienone is 4. The van der Waals surface area contributed by atoms with Crippen LogP contribution >= 0.6 is 0 Å². The highest BCUT2D eigenvalue weighted by atomic mass is 14.7. The van der Waals surface area contributed by atoms with E-state index in [2.05, 4.69) is 23.2 Å². The van der Waals surface area contributed by atoms with Crippen LogP contribution < -0.4 is 0 Å². The molecule has 0 saturated heterocycles. The lowest BCUT2D eigenvalue weighted by Gasteiger charge is -2.20. The van der Waals surface area contributed by atoms with Gasteiger partial charge >= 0.3 is 0 Å². The van der Waals surface area contributed by atoms with E-state index >= 15 is 0 Å². The Bertz CT molecular complexity index is 260. The van der Waals surface area contributed by atoms with Crippen molar-refractivity contribution in [3.8, 4) is 0 Å². The van der Waals surface area contributed by atoms with Crippen LogP contribution in [0.25, 0.3) is 0 Å². The Hall–Kier alpha value is -0.850. The molecule has 1 aliphatic heterocycles. The third-order valence-electron chi connectivity index (χ3n) is 3.13. The molecule has 0 aromatic heterocycles. The van der Waals surface area contributed by atoms with E-state index in [1.165, 1.54) is 38.5 Å². The summed E-state index contributed by atoms with van der Waals surface area (Å²) in [6.45, 7) is 1.02. The van der Waals surface area contributed by atoms with Gasteiger partial charge in [0.25, 0.3) is 0 Å². The predicted octanol–water partition coefficient (Wildman–Crippen LogP) is 3.52. The van der Waals surface area contributed by atoms with E-state index < -0.39 is 0 Å². The van der Waals surface area contributed by atoms with Gasteiger partial charge in [-0.2, -0.15) is 0 Å². The molecule has 1 heteroatoms. The van der Waals surface area contributed by atoms with E-state index in [0.717, 1.165) is 6.54 Å². The van der Waals surface area contributed by atoms with Gasteiger partial charge in [-0.3, -0.25) is 4.99 Å². The second-order valence-corrected chi connectivity index (χ2v) is 4.22. The summed E-state index contributed by atoms with van der Waals surface area (Å²) < 4.78 is 0. The van der Waals surface area contributed by atoms with Crippen molar-refractivity contribution >= 4 is 6.21 Å². The van der Waals surface area contributed by atoms with Crippen molar-refractivity contribution < 1.29 is 0 Å². The molecule has 0 N–H and O–H groups in total. The van der Waals surface area contributed by atoms with Gasteiger partial charge in [-0.1, -0.05) is 17.7 Å². The number of hydrogen-bond donors (Lipinski definition) is 0. The van der Waals surface area contributed by atoms with Gasteiger partial charge in [-0.05, 0) is 50.5 Å². The molecule has 0 radical (unpaired) electrons. The minimum absolute atomic E-state index is 0.716. The van der Waals surface area contributed by atoms with Gasteiger partial charge in [0.15, 0.2) is 0 Å². The van der Waals surface area contributed by atoms with Crippen molar-refractivity contribution in [2.75, 3.05) is 6.54 Å². The van der Waals surface area contributed by atoms with E-state index in [4.69, 9.17) is 0 Å². The summed E-state index contributed by atoms with van der Waals surface area (Å²) in [5.74, 6) is 0.716. The largest absolute Gasteiger partial charge is 0.293 e. The Morgan fingerprint density at radius 1 is 1.21 bits per heavy atom. The van der Waals surface area contributed by atoms with Crippen molar-refractivity contribution in [3.05, 3.63) is 23.8 Å². The molecule has 1 nitrogen and oxygen atoms in total. The molecule has 1 aliphatic carbocycles. The molecule has 1 atom stereocenters. The summed E-state index contributed by atoms with van der Waals surface area (Å²) in [6.07, 6.45) is 16.8. The monoisotopic (exact) mass is 189 g/mol. The van der Waals surface area contributed by atoms with Crippen LogP contribution in [-0.4, -0.2) is 12.8 Å². The Kier molecular flexibility index (Phi) is 3.56. The molecular formula is C13H19N. The standard InChI is InChI=1S/C13H19N/c1-2-6-12(7-3-1)13-8-4-5-10-14-11-9-13/h2,6,9,11-12H,1,3-5,7-8,10H2/b13-9+,14-11?. The van der Waals surface area contributed by atoms with Gasteiger partial charge in [0.2, 0.25) is 0 Å². The van der Waals surface area contributed by atoms with E-state index in [-0.39, 0.29) is 0 Å². The molecule has 0 amide bonds. The highest BCUT2D eigenvalue weighted by Crippen LogP contribution is 2.27. The SMILES string of the molecule is C1=CC(/C2=C/C=NCCCC2)CCC1. The molecule has 0 saturated carbocycles. The van der Waals surface area contributed by atoms with Crippen molar-refractivity contribution in [3.63, 3.8) is 0 Å². The summed E-state index contributed by atoms with van der Waals surface area (Å²) in [5.41, 5.74) is 1.60. The maximum absolute atomic E-state index is 4.35. The lowest BCUT2D eigenvalue weighted by atomic mass is 9.86. The van der Waals surface area contributed by atoms with E-state index in [1.54, 1.807) is 5.57 Å². The minimum Gasteiger partial charge on any atom is -0.293 e. The first-order chi connectivity index (χ1) is 6.97.